The second-order valence-corrected chi connectivity index (χ2v) is 11.0. The number of hydrogen-bond acceptors (Lipinski definition) is 8. The number of ether oxygens (including phenoxy) is 1. The molecule has 3 atom stereocenters. The first-order chi connectivity index (χ1) is 18.6. The van der Waals surface area contributed by atoms with Gasteiger partial charge < -0.3 is 25.2 Å². The third-order valence-electron chi connectivity index (χ3n) is 5.77. The summed E-state index contributed by atoms with van der Waals surface area (Å²) >= 11 is 0. The molecule has 0 heterocycles. The van der Waals surface area contributed by atoms with Crippen molar-refractivity contribution in [1.29, 1.82) is 0 Å². The minimum Gasteiger partial charge on any atom is -0.480 e. The number of aliphatic carboxylic acids is 1. The topological polar surface area (TPSA) is 169 Å². The zero-order valence-corrected chi connectivity index (χ0v) is 24.6. The number of allylic oxidation sites excluding steroid dienone is 2. The summed E-state index contributed by atoms with van der Waals surface area (Å²) in [4.78, 5) is 44.3. The van der Waals surface area contributed by atoms with Crippen LogP contribution in [0.15, 0.2) is 12.2 Å². The number of carboxylic acid groups (broad SMARTS) is 1. The van der Waals surface area contributed by atoms with Crippen molar-refractivity contribution in [3.63, 3.8) is 0 Å². The second kappa shape index (κ2) is 24.1. The first kappa shape index (κ1) is 37.2. The van der Waals surface area contributed by atoms with E-state index in [0.29, 0.717) is 12.8 Å². The molecule has 0 aromatic carbocycles. The molecule has 12 heteroatoms. The van der Waals surface area contributed by atoms with Crippen LogP contribution in [-0.2, 0) is 32.7 Å². The molecular formula is C27H50NO10P. The number of aliphatic hydroxyl groups excluding tert-OH is 1. The van der Waals surface area contributed by atoms with Crippen molar-refractivity contribution < 1.29 is 47.8 Å². The Kier molecular flexibility index (Phi) is 23.0. The van der Waals surface area contributed by atoms with Gasteiger partial charge in [0.15, 0.2) is 6.04 Å². The molecule has 11 nitrogen and oxygen atoms in total. The van der Waals surface area contributed by atoms with Gasteiger partial charge in [0.05, 0.1) is 13.2 Å². The van der Waals surface area contributed by atoms with Gasteiger partial charge in [-0.25, -0.2) is 9.36 Å². The Morgan fingerprint density at radius 2 is 1.36 bits per heavy atom. The summed E-state index contributed by atoms with van der Waals surface area (Å²) in [6.45, 7) is 2.06. The molecule has 0 spiro atoms. The zero-order valence-electron chi connectivity index (χ0n) is 23.7. The van der Waals surface area contributed by atoms with Gasteiger partial charge in [0.25, 0.3) is 0 Å². The Bertz CT molecular complexity index is 746. The number of carbonyl (C=O) groups is 3. The normalized spacial score (nSPS) is 14.6. The molecule has 39 heavy (non-hydrogen) atoms. The summed E-state index contributed by atoms with van der Waals surface area (Å²) in [5.74, 6) is -2.46. The number of aliphatic hydroxyl groups is 1. The number of rotatable bonds is 26. The average Bonchev–Trinajstić information content (AvgIpc) is 2.89. The number of esters is 1. The smallest absolute Gasteiger partial charge is 0.472 e. The average molecular weight is 580 g/mol. The number of amides is 1. The van der Waals surface area contributed by atoms with Crippen LogP contribution in [0.4, 0.5) is 0 Å². The quantitative estimate of drug-likeness (QED) is 0.0471. The number of unbranched alkanes of at least 4 members (excludes halogenated alkanes) is 10. The number of carboxylic acids is 1. The fourth-order valence-electron chi connectivity index (χ4n) is 3.53. The van der Waals surface area contributed by atoms with Crippen molar-refractivity contribution in [3.05, 3.63) is 12.2 Å². The van der Waals surface area contributed by atoms with Gasteiger partial charge in [-0.3, -0.25) is 18.6 Å². The van der Waals surface area contributed by atoms with Gasteiger partial charge in [-0.1, -0.05) is 70.9 Å². The van der Waals surface area contributed by atoms with E-state index in [0.717, 1.165) is 38.5 Å². The van der Waals surface area contributed by atoms with Crippen LogP contribution in [0.5, 0.6) is 0 Å². The van der Waals surface area contributed by atoms with Gasteiger partial charge in [0.2, 0.25) is 5.91 Å². The van der Waals surface area contributed by atoms with E-state index in [2.05, 4.69) is 33.4 Å². The third kappa shape index (κ3) is 23.8. The van der Waals surface area contributed by atoms with Crippen LogP contribution in [0.2, 0.25) is 0 Å². The molecular weight excluding hydrogens is 529 g/mol. The number of phosphoric acid groups is 1. The number of nitrogens with one attached hydrogen (secondary N) is 1. The van der Waals surface area contributed by atoms with Crippen LogP contribution >= 0.6 is 7.82 Å². The van der Waals surface area contributed by atoms with Crippen molar-refractivity contribution in [1.82, 2.24) is 5.32 Å². The predicted octanol–water partition coefficient (Wildman–Crippen LogP) is 5.04. The third-order valence-corrected chi connectivity index (χ3v) is 6.72. The van der Waals surface area contributed by atoms with Crippen LogP contribution in [0.1, 0.15) is 110 Å². The number of hydrogen-bond donors (Lipinski definition) is 4. The van der Waals surface area contributed by atoms with E-state index in [1.807, 2.05) is 0 Å². The highest BCUT2D eigenvalue weighted by molar-refractivity contribution is 7.47. The van der Waals surface area contributed by atoms with Gasteiger partial charge in [-0.05, 0) is 38.5 Å². The van der Waals surface area contributed by atoms with Crippen LogP contribution in [0, 0.1) is 0 Å². The van der Waals surface area contributed by atoms with Crippen LogP contribution in [0.25, 0.3) is 0 Å². The summed E-state index contributed by atoms with van der Waals surface area (Å²) in [7, 11) is -4.71. The summed E-state index contributed by atoms with van der Waals surface area (Å²) in [6, 6.07) is -1.54. The molecule has 3 unspecified atom stereocenters. The van der Waals surface area contributed by atoms with E-state index in [4.69, 9.17) is 9.84 Å². The fraction of sp³-hybridized carbons (Fsp3) is 0.815. The summed E-state index contributed by atoms with van der Waals surface area (Å²) in [6.07, 6.45) is 17.6. The second-order valence-electron chi connectivity index (χ2n) is 9.59. The molecule has 0 radical (unpaired) electrons. The van der Waals surface area contributed by atoms with Gasteiger partial charge in [0.1, 0.15) is 12.7 Å². The minimum absolute atomic E-state index is 0.0964. The predicted molar refractivity (Wildman–Crippen MR) is 148 cm³/mol. The first-order valence-corrected chi connectivity index (χ1v) is 15.7. The molecule has 0 fully saturated rings. The van der Waals surface area contributed by atoms with Gasteiger partial charge in [-0.15, -0.1) is 0 Å². The molecule has 0 rings (SSSR count). The van der Waals surface area contributed by atoms with Gasteiger partial charge in [0, 0.05) is 12.8 Å². The molecule has 4 N–H and O–H groups in total. The molecule has 0 aliphatic carbocycles. The number of carbonyl (C=O) groups excluding carboxylic acids is 2. The standard InChI is InChI=1S/C27H50NO10P/c1-3-5-6-7-8-9-10-11-12-13-14-15-16-17-19-26(31)36-20-23(29)21-37-39(34,35)38-22-24(27(32)33)28-25(30)18-4-2/h10-11,23-24,29H,3-9,12-22H2,1-2H3,(H,28,30)(H,32,33)(H,34,35)/b11-10-. The molecule has 1 amide bonds. The van der Waals surface area contributed by atoms with E-state index in [9.17, 15) is 28.9 Å². The summed E-state index contributed by atoms with van der Waals surface area (Å²) in [5, 5.41) is 21.1. The van der Waals surface area contributed by atoms with E-state index in [1.165, 1.54) is 32.1 Å². The van der Waals surface area contributed by atoms with Crippen LogP contribution < -0.4 is 5.32 Å². The lowest BCUT2D eigenvalue weighted by Crippen LogP contribution is -2.43. The molecule has 0 aromatic rings. The maximum Gasteiger partial charge on any atom is 0.472 e. The molecule has 0 saturated heterocycles. The Hall–Kier alpha value is -1.78. The van der Waals surface area contributed by atoms with Crippen molar-refractivity contribution in [2.45, 2.75) is 122 Å². The minimum atomic E-state index is -4.71. The molecule has 0 saturated carbocycles. The monoisotopic (exact) mass is 579 g/mol. The lowest BCUT2D eigenvalue weighted by atomic mass is 10.1. The largest absolute Gasteiger partial charge is 0.480 e. The van der Waals surface area contributed by atoms with E-state index >= 15 is 0 Å². The van der Waals surface area contributed by atoms with E-state index in [1.54, 1.807) is 6.92 Å². The zero-order chi connectivity index (χ0) is 29.4. The molecule has 0 aromatic heterocycles. The van der Waals surface area contributed by atoms with Crippen molar-refractivity contribution >= 4 is 25.7 Å². The summed E-state index contributed by atoms with van der Waals surface area (Å²) < 4.78 is 26.1. The Morgan fingerprint density at radius 3 is 1.95 bits per heavy atom. The van der Waals surface area contributed by atoms with Gasteiger partial charge in [-0.2, -0.15) is 0 Å². The SMILES string of the molecule is CCCCCCC/C=C\CCCCCCCC(=O)OCC(O)COP(=O)(O)OCC(NC(=O)CCC)C(=O)O. The Morgan fingerprint density at radius 1 is 0.795 bits per heavy atom. The highest BCUT2D eigenvalue weighted by atomic mass is 31.2. The molecule has 0 aliphatic rings. The lowest BCUT2D eigenvalue weighted by Gasteiger charge is -2.18. The maximum atomic E-state index is 11.9. The van der Waals surface area contributed by atoms with E-state index in [-0.39, 0.29) is 12.8 Å². The lowest BCUT2D eigenvalue weighted by molar-refractivity contribution is -0.147. The highest BCUT2D eigenvalue weighted by Crippen LogP contribution is 2.43. The Labute approximate surface area is 233 Å². The first-order valence-electron chi connectivity index (χ1n) is 14.2. The van der Waals surface area contributed by atoms with Crippen LogP contribution in [0.3, 0.4) is 0 Å². The molecule has 228 valence electrons. The van der Waals surface area contributed by atoms with Crippen molar-refractivity contribution in [2.24, 2.45) is 0 Å². The van der Waals surface area contributed by atoms with Gasteiger partial charge >= 0.3 is 19.8 Å². The van der Waals surface area contributed by atoms with Crippen molar-refractivity contribution in [3.8, 4) is 0 Å². The maximum absolute atomic E-state index is 11.9. The molecule has 0 aliphatic heterocycles. The fourth-order valence-corrected chi connectivity index (χ4v) is 4.30. The highest BCUT2D eigenvalue weighted by Gasteiger charge is 2.28. The Balaban J connectivity index is 3.88. The van der Waals surface area contributed by atoms with E-state index < -0.39 is 57.6 Å². The number of phosphoric ester groups is 1. The molecule has 0 bridgehead atoms. The van der Waals surface area contributed by atoms with Crippen LogP contribution in [-0.4, -0.2) is 64.9 Å². The van der Waals surface area contributed by atoms with Crippen molar-refractivity contribution in [2.75, 3.05) is 19.8 Å². The summed E-state index contributed by atoms with van der Waals surface area (Å²) in [5.41, 5.74) is 0.